The summed E-state index contributed by atoms with van der Waals surface area (Å²) < 4.78 is 27.6. The van der Waals surface area contributed by atoms with Crippen molar-refractivity contribution in [1.29, 1.82) is 0 Å². The number of aliphatic hydroxyl groups is 6. The summed E-state index contributed by atoms with van der Waals surface area (Å²) in [6.07, 6.45) is -14.8. The van der Waals surface area contributed by atoms with Crippen LogP contribution in [0.25, 0.3) is 22.3 Å². The molecule has 15 heteroatoms. The Bertz CT molecular complexity index is 1440. The van der Waals surface area contributed by atoms with Crippen molar-refractivity contribution in [2.24, 2.45) is 0 Å². The molecular formula is C26H28O15. The Balaban J connectivity index is 1.46. The van der Waals surface area contributed by atoms with Gasteiger partial charge in [0.15, 0.2) is 12.1 Å². The van der Waals surface area contributed by atoms with E-state index in [0.29, 0.717) is 0 Å². The molecule has 3 aromatic rings. The normalized spacial score (nSPS) is 32.2. The molecule has 0 radical (unpaired) electrons. The largest absolute Gasteiger partial charge is 0.508 e. The fraction of sp³-hybridized carbons (Fsp3) is 0.423. The van der Waals surface area contributed by atoms with Gasteiger partial charge in [-0.1, -0.05) is 0 Å². The van der Waals surface area contributed by atoms with E-state index in [-0.39, 0.29) is 34.6 Å². The first kappa shape index (κ1) is 29.0. The molecule has 15 nitrogen and oxygen atoms in total. The molecule has 5 rings (SSSR count). The lowest BCUT2D eigenvalue weighted by atomic mass is 9.99. The van der Waals surface area contributed by atoms with E-state index in [2.05, 4.69) is 0 Å². The van der Waals surface area contributed by atoms with E-state index >= 15 is 0 Å². The summed E-state index contributed by atoms with van der Waals surface area (Å²) in [6, 6.07) is 7.33. The Kier molecular flexibility index (Phi) is 8.06. The summed E-state index contributed by atoms with van der Waals surface area (Å²) >= 11 is 0. The Labute approximate surface area is 230 Å². The van der Waals surface area contributed by atoms with Crippen molar-refractivity contribution in [3.63, 3.8) is 0 Å². The summed E-state index contributed by atoms with van der Waals surface area (Å²) in [4.78, 5) is 13.5. The maximum atomic E-state index is 13.5. The fourth-order valence-corrected chi connectivity index (χ4v) is 4.56. The smallest absolute Gasteiger partial charge is 0.239 e. The van der Waals surface area contributed by atoms with Gasteiger partial charge >= 0.3 is 0 Å². The van der Waals surface area contributed by atoms with Crippen LogP contribution in [0.3, 0.4) is 0 Å². The molecule has 0 spiro atoms. The highest BCUT2D eigenvalue weighted by atomic mass is 16.7. The maximum Gasteiger partial charge on any atom is 0.239 e. The summed E-state index contributed by atoms with van der Waals surface area (Å²) in [5, 5.41) is 90.6. The molecule has 2 aliphatic rings. The number of aromatic hydroxyl groups is 3. The fourth-order valence-electron chi connectivity index (χ4n) is 4.56. The molecule has 9 N–H and O–H groups in total. The van der Waals surface area contributed by atoms with Crippen molar-refractivity contribution >= 4 is 11.0 Å². The van der Waals surface area contributed by atoms with Crippen LogP contribution in [0.5, 0.6) is 23.0 Å². The van der Waals surface area contributed by atoms with Crippen LogP contribution in [0.2, 0.25) is 0 Å². The third kappa shape index (κ3) is 5.54. The molecule has 0 amide bonds. The van der Waals surface area contributed by atoms with Crippen molar-refractivity contribution in [1.82, 2.24) is 0 Å². The van der Waals surface area contributed by atoms with Crippen molar-refractivity contribution < 1.29 is 69.3 Å². The molecule has 2 fully saturated rings. The highest BCUT2D eigenvalue weighted by molar-refractivity contribution is 5.88. The van der Waals surface area contributed by atoms with Gasteiger partial charge < -0.3 is 69.3 Å². The van der Waals surface area contributed by atoms with E-state index in [1.54, 1.807) is 0 Å². The van der Waals surface area contributed by atoms with Gasteiger partial charge in [0, 0.05) is 17.7 Å². The van der Waals surface area contributed by atoms with Gasteiger partial charge in [0.1, 0.15) is 70.9 Å². The second-order valence-electron chi connectivity index (χ2n) is 9.69. The van der Waals surface area contributed by atoms with E-state index in [0.717, 1.165) is 12.1 Å². The predicted octanol–water partition coefficient (Wildman–Crippen LogP) is -1.78. The van der Waals surface area contributed by atoms with Crippen molar-refractivity contribution in [2.45, 2.75) is 55.3 Å². The highest BCUT2D eigenvalue weighted by Gasteiger charge is 2.47. The molecule has 1 aromatic heterocycles. The third-order valence-corrected chi connectivity index (χ3v) is 6.83. The minimum Gasteiger partial charge on any atom is -0.508 e. The lowest BCUT2D eigenvalue weighted by molar-refractivity contribution is -0.307. The standard InChI is InChI=1S/C26H28O15/c27-10-3-1-9(2-4-10)23-24(19(33)16-12(29)5-11(28)6-14(16)39-23)41-26-22(36)20(34)18(32)15(40-26)8-38-25-21(35)17(31)13(30)7-37-25/h1-6,13,15,17-18,20-22,25-32,34-36H,7-8H2/t13-,15?,17-,18+,20?,21?,22?,25-,26-/m0/s1. The lowest BCUT2D eigenvalue weighted by Crippen LogP contribution is -2.61. The average Bonchev–Trinajstić information content (AvgIpc) is 2.93. The number of ether oxygens (including phenoxy) is 4. The Morgan fingerprint density at radius 1 is 0.805 bits per heavy atom. The van der Waals surface area contributed by atoms with Crippen LogP contribution < -0.4 is 10.2 Å². The second kappa shape index (κ2) is 11.4. The molecule has 0 saturated carbocycles. The van der Waals surface area contributed by atoms with Crippen molar-refractivity contribution in [3.05, 3.63) is 46.6 Å². The number of aliphatic hydroxyl groups excluding tert-OH is 6. The molecular weight excluding hydrogens is 552 g/mol. The Morgan fingerprint density at radius 3 is 2.20 bits per heavy atom. The molecule has 2 aromatic carbocycles. The number of fused-ring (bicyclic) bond motifs is 1. The van der Waals surface area contributed by atoms with Gasteiger partial charge in [0.2, 0.25) is 17.5 Å². The Hall–Kier alpha value is -3.51. The van der Waals surface area contributed by atoms with Gasteiger partial charge in [-0.2, -0.15) is 0 Å². The van der Waals surface area contributed by atoms with Gasteiger partial charge in [-0.25, -0.2) is 0 Å². The first-order chi connectivity index (χ1) is 19.5. The number of hydrogen-bond acceptors (Lipinski definition) is 15. The summed E-state index contributed by atoms with van der Waals surface area (Å²) in [5.74, 6) is -1.97. The maximum absolute atomic E-state index is 13.5. The number of phenolic OH excluding ortho intramolecular Hbond substituents is 3. The summed E-state index contributed by atoms with van der Waals surface area (Å²) in [5.41, 5.74) is -0.954. The Morgan fingerprint density at radius 2 is 1.49 bits per heavy atom. The zero-order valence-corrected chi connectivity index (χ0v) is 21.0. The third-order valence-electron chi connectivity index (χ3n) is 6.83. The van der Waals surface area contributed by atoms with Crippen LogP contribution in [-0.2, 0) is 14.2 Å². The molecule has 0 aliphatic carbocycles. The van der Waals surface area contributed by atoms with Gasteiger partial charge in [0.05, 0.1) is 13.2 Å². The van der Waals surface area contributed by atoms with Crippen molar-refractivity contribution in [2.75, 3.05) is 13.2 Å². The quantitative estimate of drug-likeness (QED) is 0.156. The SMILES string of the molecule is O=c1c(O[C@@H]2OC(CO[C@@H]3OC[C@H](O)[C@H](O)C3O)[C@@H](O)C(O)C2O)c(-c2ccc(O)cc2)oc2cc(O)cc(O)c12. The number of phenols is 3. The second-order valence-corrected chi connectivity index (χ2v) is 9.69. The summed E-state index contributed by atoms with van der Waals surface area (Å²) in [6.45, 7) is -0.918. The monoisotopic (exact) mass is 580 g/mol. The number of rotatable bonds is 6. The minimum absolute atomic E-state index is 0.102. The van der Waals surface area contributed by atoms with Gasteiger partial charge in [-0.05, 0) is 24.3 Å². The van der Waals surface area contributed by atoms with Crippen LogP contribution in [0.4, 0.5) is 0 Å². The van der Waals surface area contributed by atoms with E-state index in [4.69, 9.17) is 23.4 Å². The number of hydrogen-bond donors (Lipinski definition) is 9. The van der Waals surface area contributed by atoms with E-state index in [9.17, 15) is 50.8 Å². The molecule has 2 aliphatic heterocycles. The first-order valence-electron chi connectivity index (χ1n) is 12.4. The van der Waals surface area contributed by atoms with E-state index in [1.807, 2.05) is 0 Å². The molecule has 41 heavy (non-hydrogen) atoms. The van der Waals surface area contributed by atoms with Crippen molar-refractivity contribution in [3.8, 4) is 34.3 Å². The lowest BCUT2D eigenvalue weighted by Gasteiger charge is -2.41. The highest BCUT2D eigenvalue weighted by Crippen LogP contribution is 2.37. The summed E-state index contributed by atoms with van der Waals surface area (Å²) in [7, 11) is 0. The van der Waals surface area contributed by atoms with Gasteiger partial charge in [-0.15, -0.1) is 0 Å². The van der Waals surface area contributed by atoms with Gasteiger partial charge in [0.25, 0.3) is 0 Å². The van der Waals surface area contributed by atoms with E-state index in [1.165, 1.54) is 24.3 Å². The minimum atomic E-state index is -1.91. The average molecular weight is 580 g/mol. The van der Waals surface area contributed by atoms with E-state index < -0.39 is 84.6 Å². The zero-order chi connectivity index (χ0) is 29.6. The molecule has 3 heterocycles. The van der Waals surface area contributed by atoms with Crippen LogP contribution >= 0.6 is 0 Å². The van der Waals surface area contributed by atoms with Crippen LogP contribution in [0.15, 0.2) is 45.6 Å². The van der Waals surface area contributed by atoms with Gasteiger partial charge in [-0.3, -0.25) is 4.79 Å². The zero-order valence-electron chi connectivity index (χ0n) is 21.0. The molecule has 222 valence electrons. The van der Waals surface area contributed by atoms with Crippen LogP contribution in [-0.4, -0.2) is 114 Å². The molecule has 0 bridgehead atoms. The topological polar surface area (TPSA) is 249 Å². The molecule has 9 atom stereocenters. The predicted molar refractivity (Wildman–Crippen MR) is 134 cm³/mol. The van der Waals surface area contributed by atoms with Crippen LogP contribution in [0, 0.1) is 0 Å². The first-order valence-corrected chi connectivity index (χ1v) is 12.4. The number of benzene rings is 2. The molecule has 4 unspecified atom stereocenters. The molecule has 2 saturated heterocycles. The van der Waals surface area contributed by atoms with Crippen LogP contribution in [0.1, 0.15) is 0 Å².